The highest BCUT2D eigenvalue weighted by molar-refractivity contribution is 5.88. The molecule has 0 saturated heterocycles. The number of carbonyl (C=O) groups excluding carboxylic acids is 1. The van der Waals surface area contributed by atoms with Crippen molar-refractivity contribution in [3.63, 3.8) is 0 Å². The molecule has 0 spiro atoms. The third kappa shape index (κ3) is 4.19. The first-order chi connectivity index (χ1) is 13.2. The second kappa shape index (κ2) is 7.42. The minimum Gasteiger partial charge on any atom is -0.867 e. The molecule has 1 aliphatic carbocycles. The van der Waals surface area contributed by atoms with Crippen molar-refractivity contribution in [3.05, 3.63) is 69.3 Å². The van der Waals surface area contributed by atoms with E-state index < -0.39 is 16.4 Å². The first kappa shape index (κ1) is 19.5. The summed E-state index contributed by atoms with van der Waals surface area (Å²) < 4.78 is 0. The minimum atomic E-state index is -0.738. The molecule has 1 fully saturated rings. The van der Waals surface area contributed by atoms with Gasteiger partial charge in [0, 0.05) is 12.0 Å². The van der Waals surface area contributed by atoms with Gasteiger partial charge in [-0.3, -0.25) is 14.9 Å². The van der Waals surface area contributed by atoms with Crippen molar-refractivity contribution in [2.45, 2.75) is 38.5 Å². The zero-order valence-electron chi connectivity index (χ0n) is 16.0. The summed E-state index contributed by atoms with van der Waals surface area (Å²) in [7, 11) is 0. The lowest BCUT2D eigenvalue weighted by Gasteiger charge is -2.19. The quantitative estimate of drug-likeness (QED) is 0.488. The summed E-state index contributed by atoms with van der Waals surface area (Å²) in [4.78, 5) is 22.3. The number of amides is 1. The Labute approximate surface area is 163 Å². The topological polar surface area (TPSA) is 108 Å². The van der Waals surface area contributed by atoms with Gasteiger partial charge in [-0.25, -0.2) is 5.43 Å². The van der Waals surface area contributed by atoms with Crippen LogP contribution in [0.5, 0.6) is 5.75 Å². The molecule has 7 nitrogen and oxygen atoms in total. The summed E-state index contributed by atoms with van der Waals surface area (Å²) in [5.41, 5.74) is 4.41. The number of nitrogens with one attached hydrogen (secondary N) is 1. The van der Waals surface area contributed by atoms with Crippen LogP contribution < -0.4 is 10.5 Å². The Balaban J connectivity index is 1.59. The third-order valence-corrected chi connectivity index (χ3v) is 4.93. The molecule has 2 aromatic rings. The van der Waals surface area contributed by atoms with E-state index in [-0.39, 0.29) is 28.7 Å². The predicted molar refractivity (Wildman–Crippen MR) is 104 cm³/mol. The van der Waals surface area contributed by atoms with E-state index in [4.69, 9.17) is 0 Å². The molecule has 0 unspecified atom stereocenters. The van der Waals surface area contributed by atoms with Crippen molar-refractivity contribution < 1.29 is 14.8 Å². The van der Waals surface area contributed by atoms with E-state index in [1.165, 1.54) is 17.7 Å². The van der Waals surface area contributed by atoms with E-state index in [0.29, 0.717) is 0 Å². The maximum atomic E-state index is 12.3. The van der Waals surface area contributed by atoms with Gasteiger partial charge in [-0.15, -0.1) is 0 Å². The molecular weight excluding hydrogens is 358 g/mol. The van der Waals surface area contributed by atoms with Crippen LogP contribution in [0.15, 0.2) is 47.6 Å². The maximum absolute atomic E-state index is 12.3. The maximum Gasteiger partial charge on any atom is 0.262 e. The Morgan fingerprint density at radius 2 is 1.89 bits per heavy atom. The largest absolute Gasteiger partial charge is 0.867 e. The SMILES string of the molecule is CC(C)(C)c1ccc([C@@H]2C[C@H]2C(=O)N/N=C\c2cccc([N+](=O)[O-])c2[O-])cc1. The van der Waals surface area contributed by atoms with E-state index in [1.54, 1.807) is 0 Å². The molecule has 146 valence electrons. The molecule has 28 heavy (non-hydrogen) atoms. The van der Waals surface area contributed by atoms with Gasteiger partial charge >= 0.3 is 0 Å². The fraction of sp³-hybridized carbons (Fsp3) is 0.333. The van der Waals surface area contributed by atoms with Gasteiger partial charge in [-0.2, -0.15) is 5.10 Å². The van der Waals surface area contributed by atoms with E-state index >= 15 is 0 Å². The Morgan fingerprint density at radius 3 is 2.50 bits per heavy atom. The number of nitro benzene ring substituents is 1. The summed E-state index contributed by atoms with van der Waals surface area (Å²) in [5.74, 6) is -0.945. The highest BCUT2D eigenvalue weighted by Crippen LogP contribution is 2.47. The zero-order chi connectivity index (χ0) is 20.5. The summed E-state index contributed by atoms with van der Waals surface area (Å²) in [6, 6.07) is 12.3. The summed E-state index contributed by atoms with van der Waals surface area (Å²) in [6.45, 7) is 6.46. The summed E-state index contributed by atoms with van der Waals surface area (Å²) >= 11 is 0. The number of carbonyl (C=O) groups is 1. The fourth-order valence-electron chi connectivity index (χ4n) is 3.12. The van der Waals surface area contributed by atoms with Crippen molar-refractivity contribution in [3.8, 4) is 5.75 Å². The summed E-state index contributed by atoms with van der Waals surface area (Å²) in [5, 5.41) is 26.5. The lowest BCUT2D eigenvalue weighted by atomic mass is 9.86. The molecular formula is C21H22N3O4-. The minimum absolute atomic E-state index is 0.0552. The first-order valence-corrected chi connectivity index (χ1v) is 9.06. The lowest BCUT2D eigenvalue weighted by molar-refractivity contribution is -0.398. The Hall–Kier alpha value is -3.22. The Morgan fingerprint density at radius 1 is 1.21 bits per heavy atom. The second-order valence-corrected chi connectivity index (χ2v) is 8.01. The van der Waals surface area contributed by atoms with Crippen LogP contribution in [-0.4, -0.2) is 17.0 Å². The van der Waals surface area contributed by atoms with Crippen LogP contribution in [0.25, 0.3) is 0 Å². The number of para-hydroxylation sites is 1. The van der Waals surface area contributed by atoms with Gasteiger partial charge in [0.1, 0.15) is 0 Å². The van der Waals surface area contributed by atoms with Crippen LogP contribution in [0.2, 0.25) is 0 Å². The average Bonchev–Trinajstić information content (AvgIpc) is 3.43. The number of benzene rings is 2. The number of hydrazone groups is 1. The first-order valence-electron chi connectivity index (χ1n) is 9.06. The van der Waals surface area contributed by atoms with E-state index in [0.717, 1.165) is 24.3 Å². The molecule has 3 rings (SSSR count). The van der Waals surface area contributed by atoms with Gasteiger partial charge < -0.3 is 5.11 Å². The predicted octanol–water partition coefficient (Wildman–Crippen LogP) is 3.22. The molecule has 0 aliphatic heterocycles. The number of hydrogen-bond acceptors (Lipinski definition) is 5. The average molecular weight is 380 g/mol. The zero-order valence-corrected chi connectivity index (χ0v) is 16.0. The molecule has 1 saturated carbocycles. The Kier molecular flexibility index (Phi) is 5.18. The van der Waals surface area contributed by atoms with Crippen LogP contribution >= 0.6 is 0 Å². The second-order valence-electron chi connectivity index (χ2n) is 8.01. The third-order valence-electron chi connectivity index (χ3n) is 4.93. The van der Waals surface area contributed by atoms with E-state index in [1.807, 2.05) is 0 Å². The van der Waals surface area contributed by atoms with Gasteiger partial charge in [0.2, 0.25) is 5.91 Å². The van der Waals surface area contributed by atoms with Crippen LogP contribution in [0.4, 0.5) is 5.69 Å². The molecule has 1 amide bonds. The molecule has 0 aromatic heterocycles. The van der Waals surface area contributed by atoms with E-state index in [9.17, 15) is 20.0 Å². The highest BCUT2D eigenvalue weighted by Gasteiger charge is 2.44. The van der Waals surface area contributed by atoms with Gasteiger partial charge in [0.25, 0.3) is 5.69 Å². The number of nitrogens with zero attached hydrogens (tertiary/aromatic N) is 2. The van der Waals surface area contributed by atoms with Crippen molar-refractivity contribution >= 4 is 17.8 Å². The van der Waals surface area contributed by atoms with Gasteiger partial charge in [0.15, 0.2) is 0 Å². The molecule has 1 N–H and O–H groups in total. The molecule has 0 heterocycles. The van der Waals surface area contributed by atoms with Gasteiger partial charge in [-0.05, 0) is 40.2 Å². The number of hydrogen-bond donors (Lipinski definition) is 1. The van der Waals surface area contributed by atoms with Gasteiger partial charge in [-0.1, -0.05) is 57.2 Å². The summed E-state index contributed by atoms with van der Waals surface area (Å²) in [6.07, 6.45) is 1.89. The standard InChI is InChI=1S/C21H23N3O4/c1-21(2,3)15-9-7-13(8-10-15)16-11-17(16)20(26)23-22-12-14-5-4-6-18(19(14)25)24(27)28/h4-10,12,16-17,25H,11H2,1-3H3,(H,23,26)/p-1/b22-12-/t16-,17+/m0/s1. The molecule has 7 heteroatoms. The smallest absolute Gasteiger partial charge is 0.262 e. The molecule has 0 bridgehead atoms. The van der Waals surface area contributed by atoms with Crippen LogP contribution in [0, 0.1) is 16.0 Å². The van der Waals surface area contributed by atoms with Crippen molar-refractivity contribution in [2.24, 2.45) is 11.0 Å². The number of rotatable bonds is 5. The normalized spacial score (nSPS) is 18.8. The van der Waals surface area contributed by atoms with Crippen LogP contribution in [0.1, 0.15) is 49.8 Å². The van der Waals surface area contributed by atoms with Crippen LogP contribution in [-0.2, 0) is 10.2 Å². The molecule has 0 radical (unpaired) electrons. The molecule has 1 aliphatic rings. The highest BCUT2D eigenvalue weighted by atomic mass is 16.6. The molecule has 2 atom stereocenters. The van der Waals surface area contributed by atoms with Crippen LogP contribution in [0.3, 0.4) is 0 Å². The van der Waals surface area contributed by atoms with Crippen molar-refractivity contribution in [1.29, 1.82) is 0 Å². The van der Waals surface area contributed by atoms with Crippen molar-refractivity contribution in [2.75, 3.05) is 0 Å². The van der Waals surface area contributed by atoms with E-state index in [2.05, 4.69) is 55.6 Å². The number of nitro groups is 1. The van der Waals surface area contributed by atoms with Crippen molar-refractivity contribution in [1.82, 2.24) is 5.43 Å². The lowest BCUT2D eigenvalue weighted by Crippen LogP contribution is -2.20. The van der Waals surface area contributed by atoms with Gasteiger partial charge in [0.05, 0.1) is 11.1 Å². The Bertz CT molecular complexity index is 930. The monoisotopic (exact) mass is 380 g/mol. The fourth-order valence-corrected chi connectivity index (χ4v) is 3.12. The molecule has 2 aromatic carbocycles.